The van der Waals surface area contributed by atoms with E-state index in [-0.39, 0.29) is 134 Å². The Hall–Kier alpha value is -14.2. The molecular weight excluding hydrogens is 1820 g/mol. The molecule has 4 heterocycles. The standard InChI is InChI=1S/C81H112N26O24.Tc/c82-79(83)90-30-12-21-49-69(121)94-39-62(112)96-56(34-64(114)115)75(127)103-54(32-45-14-3-1-4-15-45)73(125)101-52(72(124)99-49)20-8-10-29-89-68(120)53(102-71(123)51(98-67(119)48-23-25-60(106-86)92-37-48)19-7-9-28-88-66(118)47-18-11-27-87-36-47)24-26-61(111)93-38-59(78(130)131)107(81(42-108,43-109)44-110)41-58-77(129)100-50(22-13-31-91-80(84)85)70(122)95-40-63(113)97-57(35-65(116)117)76(128)104-55(74(126)105-58)33-46-16-5-2-6-17-46;/h1-6,11,14-18,23,25,27,36-37,49-59,86,108-110H,7-10,12-13,19-22,24,26,28-35,38-44H2,(H,88,118)(H,89,120)(H,93,111)(H,94,121)(H,95,122)(H,96,112)(H,97,113)(H,98,119)(H,99,124)(H,100,129)(H,101,125)(H,102,123)(H,103,127)(H,104,128)(H,105,126)(H,114,115)(H,116,117)(H,130,131)(H4,82,83,90)(H4,84,85,91);/q;+7/t49-,50-,51?,52-,53?,54-,55-,56-,57-,58-,59?;/m0./s1/i;1+1. The van der Waals surface area contributed by atoms with Gasteiger partial charge in [0.25, 0.3) is 11.8 Å². The summed E-state index contributed by atoms with van der Waals surface area (Å²) in [5.41, 5.74) is 16.6. The number of aliphatic hydroxyl groups is 3. The van der Waals surface area contributed by atoms with Crippen LogP contribution >= 0.6 is 0 Å². The van der Waals surface area contributed by atoms with E-state index in [0.717, 1.165) is 6.20 Å². The Morgan fingerprint density at radius 2 is 0.924 bits per heavy atom. The molecule has 2 saturated heterocycles. The van der Waals surface area contributed by atoms with Crippen LogP contribution in [0, 0.1) is 16.3 Å². The minimum Gasteiger partial charge on any atom is -0.481 e. The number of pyridine rings is 2. The van der Waals surface area contributed by atoms with Crippen LogP contribution in [0.3, 0.4) is 0 Å². The van der Waals surface area contributed by atoms with Gasteiger partial charge in [0, 0.05) is 77.1 Å². The summed E-state index contributed by atoms with van der Waals surface area (Å²) in [5.74, 6) is -21.8. The number of amides is 15. The fraction of sp³-hybridized carbons (Fsp3) is 0.481. The molecule has 2 aromatic carbocycles. The number of guanidine groups is 2. The SMILES string of the molecule is N=Nc1ccc(C(=O)NC(CCCCNC(=O)c2cccnc2)C(=O)NC(CCC(=O)NCC(C(=O)O)N(C[C@@H]2NC(=O)[C@H](Cc3ccccc3)NC(=O)[C@H](CC(=O)O)NC(=O)CNC(=O)[C@H](CCCNC(=N)N)NC2=O)C(CO)(CO)CO)C(=O)NCCCC[C@@H]2NC(=O)[C@H](Cc3ccccc3)NC(=O)[C@H](CC(=O)O)NC(=O)CNC(=O)[C@H](CCCNC(=N)N)NC2=O)cn1.[99Tc+7]. The number of nitrogens with one attached hydrogen (secondary N) is 20. The first kappa shape index (κ1) is 108. The molecule has 50 nitrogen and oxygen atoms in total. The Morgan fingerprint density at radius 3 is 1.39 bits per heavy atom. The van der Waals surface area contributed by atoms with Crippen molar-refractivity contribution < 1.29 is 137 Å². The average Bonchev–Trinajstić information content (AvgIpc) is 0.883. The fourth-order valence-corrected chi connectivity index (χ4v) is 13.5. The van der Waals surface area contributed by atoms with Crippen molar-refractivity contribution in [1.82, 2.24) is 105 Å². The van der Waals surface area contributed by atoms with Gasteiger partial charge in [-0.15, -0.1) is 5.11 Å². The molecule has 30 N–H and O–H groups in total. The minimum absolute atomic E-state index is 0. The van der Waals surface area contributed by atoms with E-state index < -0.39 is 269 Å². The summed E-state index contributed by atoms with van der Waals surface area (Å²) >= 11 is 0. The topological polar surface area (TPSA) is 798 Å². The van der Waals surface area contributed by atoms with Crippen molar-refractivity contribution in [2.45, 2.75) is 175 Å². The number of nitrogens with zero attached hydrogens (tertiary/aromatic N) is 4. The van der Waals surface area contributed by atoms with Crippen molar-refractivity contribution in [3.05, 3.63) is 126 Å². The van der Waals surface area contributed by atoms with Crippen molar-refractivity contribution in [2.75, 3.05) is 72.2 Å². The average molecular weight is 1930 g/mol. The third kappa shape index (κ3) is 37.1. The number of carbonyl (C=O) groups excluding carboxylic acids is 15. The van der Waals surface area contributed by atoms with Crippen LogP contribution < -0.4 is 102 Å². The van der Waals surface area contributed by atoms with E-state index in [2.05, 4.69) is 105 Å². The van der Waals surface area contributed by atoms with E-state index in [1.54, 1.807) is 54.6 Å². The molecule has 132 heavy (non-hydrogen) atoms. The van der Waals surface area contributed by atoms with Crippen molar-refractivity contribution >= 4 is 124 Å². The zero-order chi connectivity index (χ0) is 96.1. The molecular formula is C81H112N26O24Tc+7. The first-order valence-corrected chi connectivity index (χ1v) is 41.7. The summed E-state index contributed by atoms with van der Waals surface area (Å²) in [6.07, 6.45) is -1.36. The first-order valence-electron chi connectivity index (χ1n) is 41.7. The van der Waals surface area contributed by atoms with E-state index in [9.17, 15) is 112 Å². The van der Waals surface area contributed by atoms with Crippen LogP contribution in [0.15, 0.2) is 109 Å². The van der Waals surface area contributed by atoms with E-state index in [4.69, 9.17) is 27.8 Å². The summed E-state index contributed by atoms with van der Waals surface area (Å²) in [7, 11) is 0. The number of benzene rings is 2. The molecule has 51 heteroatoms. The summed E-state index contributed by atoms with van der Waals surface area (Å²) in [4.78, 5) is 259. The molecule has 0 radical (unpaired) electrons. The molecule has 2 aliphatic heterocycles. The van der Waals surface area contributed by atoms with E-state index >= 15 is 4.79 Å². The van der Waals surface area contributed by atoms with E-state index in [1.807, 2.05) is 0 Å². The zero-order valence-corrected chi connectivity index (χ0v) is 73.5. The second-order valence-electron chi connectivity index (χ2n) is 30.5. The summed E-state index contributed by atoms with van der Waals surface area (Å²) in [6, 6.07) is 1.69. The normalized spacial score (nSPS) is 19.1. The van der Waals surface area contributed by atoms with Crippen LogP contribution in [0.5, 0.6) is 0 Å². The Labute approximate surface area is 768 Å². The van der Waals surface area contributed by atoms with Gasteiger partial charge in [0.05, 0.1) is 62.4 Å². The number of hydrogen-bond donors (Lipinski definition) is 28. The second kappa shape index (κ2) is 56.3. The van der Waals surface area contributed by atoms with Crippen LogP contribution in [0.25, 0.3) is 0 Å². The summed E-state index contributed by atoms with van der Waals surface area (Å²) < 4.78 is 0. The van der Waals surface area contributed by atoms with Crippen LogP contribution in [-0.4, -0.2) is 308 Å². The molecule has 2 aromatic heterocycles. The number of nitrogens with two attached hydrogens (primary N) is 2. The second-order valence-corrected chi connectivity index (χ2v) is 30.5. The molecule has 15 amide bonds. The maximum atomic E-state index is 15.1. The van der Waals surface area contributed by atoms with Gasteiger partial charge in [-0.3, -0.25) is 107 Å². The van der Waals surface area contributed by atoms with Crippen LogP contribution in [0.2, 0.25) is 0 Å². The zero-order valence-electron chi connectivity index (χ0n) is 71.6. The number of rotatable bonds is 46. The van der Waals surface area contributed by atoms with E-state index in [0.29, 0.717) is 16.0 Å². The monoisotopic (exact) mass is 1930 g/mol. The Kier molecular flexibility index (Phi) is 46.2. The Bertz CT molecular complexity index is 4660. The summed E-state index contributed by atoms with van der Waals surface area (Å²) in [5, 5.41) is 125. The molecule has 710 valence electrons. The van der Waals surface area contributed by atoms with E-state index in [1.165, 1.54) is 42.7 Å². The van der Waals surface area contributed by atoms with Crippen molar-refractivity contribution in [1.29, 1.82) is 16.3 Å². The molecule has 3 unspecified atom stereocenters. The Balaban J connectivity index is 0.0000308. The maximum absolute atomic E-state index is 15.1. The number of carboxylic acid groups (broad SMARTS) is 3. The third-order valence-corrected chi connectivity index (χ3v) is 20.7. The predicted molar refractivity (Wildman–Crippen MR) is 458 cm³/mol. The largest absolute Gasteiger partial charge is 7.00 e. The van der Waals surface area contributed by atoms with Gasteiger partial charge < -0.3 is 132 Å². The number of aliphatic hydroxyl groups excluding tert-OH is 3. The molecule has 2 fully saturated rings. The number of aliphatic carboxylic acids is 3. The van der Waals surface area contributed by atoms with Gasteiger partial charge in [-0.05, 0) is 106 Å². The molecule has 0 bridgehead atoms. The number of carbonyl (C=O) groups is 18. The number of aromatic nitrogens is 2. The van der Waals surface area contributed by atoms with Crippen LogP contribution in [0.4, 0.5) is 5.82 Å². The molecule has 0 aliphatic carbocycles. The quantitative estimate of drug-likeness (QED) is 0.00846. The van der Waals surface area contributed by atoms with Gasteiger partial charge in [0.2, 0.25) is 76.8 Å². The van der Waals surface area contributed by atoms with Crippen molar-refractivity contribution in [3.8, 4) is 0 Å². The van der Waals surface area contributed by atoms with Crippen LogP contribution in [0.1, 0.15) is 122 Å². The maximum Gasteiger partial charge on any atom is 7.00 e. The number of unbranched alkanes of at least 4 members (excludes halogenated alkanes) is 2. The molecule has 6 rings (SSSR count). The predicted octanol–water partition coefficient (Wildman–Crippen LogP) is -7.93. The van der Waals surface area contributed by atoms with Gasteiger partial charge >= 0.3 is 38.0 Å². The minimum atomic E-state index is -2.56. The number of carboxylic acids is 3. The molecule has 0 saturated carbocycles. The molecule has 4 aromatic rings. The first-order chi connectivity index (χ1) is 62.5. The smallest absolute Gasteiger partial charge is 0.481 e. The third-order valence-electron chi connectivity index (χ3n) is 20.7. The van der Waals surface area contributed by atoms with Gasteiger partial charge in [-0.2, -0.15) is 0 Å². The van der Waals surface area contributed by atoms with Gasteiger partial charge in [-0.1, -0.05) is 60.7 Å². The number of hydrogen-bond acceptors (Lipinski definition) is 28. The van der Waals surface area contributed by atoms with Gasteiger partial charge in [0.15, 0.2) is 17.7 Å². The van der Waals surface area contributed by atoms with Crippen molar-refractivity contribution in [2.24, 2.45) is 16.6 Å². The van der Waals surface area contributed by atoms with Gasteiger partial charge in [-0.25, -0.2) is 10.5 Å². The molecule has 2 aliphatic rings. The van der Waals surface area contributed by atoms with Gasteiger partial charge in [0.1, 0.15) is 66.5 Å². The van der Waals surface area contributed by atoms with Crippen molar-refractivity contribution in [3.63, 3.8) is 0 Å². The Morgan fingerprint density at radius 1 is 0.477 bits per heavy atom. The summed E-state index contributed by atoms with van der Waals surface area (Å²) in [6.45, 7) is -8.53. The molecule has 0 spiro atoms. The fourth-order valence-electron chi connectivity index (χ4n) is 13.5. The molecule has 11 atom stereocenters. The van der Waals surface area contributed by atoms with Crippen LogP contribution in [-0.2, 0) is 110 Å².